The third-order valence-corrected chi connectivity index (χ3v) is 5.65. The van der Waals surface area contributed by atoms with Crippen LogP contribution in [0.2, 0.25) is 5.02 Å². The zero-order chi connectivity index (χ0) is 19.1. The Morgan fingerprint density at radius 3 is 2.67 bits per heavy atom. The van der Waals surface area contributed by atoms with E-state index in [4.69, 9.17) is 16.3 Å². The van der Waals surface area contributed by atoms with Crippen molar-refractivity contribution in [3.8, 4) is 0 Å². The topological polar surface area (TPSA) is 81.5 Å². The second-order valence-corrected chi connectivity index (χ2v) is 7.11. The van der Waals surface area contributed by atoms with Crippen LogP contribution >= 0.6 is 11.6 Å². The number of ether oxygens (including phenoxy) is 1. The van der Waals surface area contributed by atoms with Crippen LogP contribution < -0.4 is 5.32 Å². The predicted molar refractivity (Wildman–Crippen MR) is 102 cm³/mol. The van der Waals surface area contributed by atoms with Gasteiger partial charge >= 0.3 is 5.97 Å². The number of carbonyl (C=O) groups is 1. The van der Waals surface area contributed by atoms with E-state index in [0.29, 0.717) is 10.6 Å². The Labute approximate surface area is 160 Å². The standard InChI is InChI=1S/C20H17ClN2O4/c1-27-20(24)15-9-10-16(21)19-17(15)13-3-2-4-14(13)18(22-19)11-5-7-12(8-6-11)23(25)26/h2-3,5-10,13-14,18,22H,4H2,1H3/t13-,14-,18+/m1/s1. The Morgan fingerprint density at radius 2 is 2.00 bits per heavy atom. The van der Waals surface area contributed by atoms with Crippen LogP contribution in [0.3, 0.4) is 0 Å². The number of hydrogen-bond acceptors (Lipinski definition) is 5. The highest BCUT2D eigenvalue weighted by Crippen LogP contribution is 2.52. The molecule has 0 saturated heterocycles. The summed E-state index contributed by atoms with van der Waals surface area (Å²) in [7, 11) is 1.36. The molecule has 0 bridgehead atoms. The number of benzene rings is 2. The monoisotopic (exact) mass is 384 g/mol. The van der Waals surface area contributed by atoms with Gasteiger partial charge in [-0.05, 0) is 35.6 Å². The predicted octanol–water partition coefficient (Wildman–Crippen LogP) is 4.86. The summed E-state index contributed by atoms with van der Waals surface area (Å²) in [6.45, 7) is 0. The van der Waals surface area contributed by atoms with Crippen LogP contribution in [0.4, 0.5) is 11.4 Å². The fraction of sp³-hybridized carbons (Fsp3) is 0.250. The van der Waals surface area contributed by atoms with Gasteiger partial charge in [0.1, 0.15) is 0 Å². The maximum absolute atomic E-state index is 12.3. The van der Waals surface area contributed by atoms with E-state index in [0.717, 1.165) is 23.2 Å². The number of nitrogens with one attached hydrogen (secondary N) is 1. The van der Waals surface area contributed by atoms with Gasteiger partial charge in [0.2, 0.25) is 0 Å². The molecule has 2 aromatic rings. The van der Waals surface area contributed by atoms with Gasteiger partial charge in [-0.25, -0.2) is 4.79 Å². The number of rotatable bonds is 3. The fourth-order valence-corrected chi connectivity index (χ4v) is 4.31. The van der Waals surface area contributed by atoms with Crippen LogP contribution in [-0.2, 0) is 4.74 Å². The lowest BCUT2D eigenvalue weighted by Crippen LogP contribution is -2.30. The molecule has 0 aromatic heterocycles. The van der Waals surface area contributed by atoms with E-state index in [2.05, 4.69) is 17.5 Å². The first-order valence-electron chi connectivity index (χ1n) is 8.59. The largest absolute Gasteiger partial charge is 0.465 e. The number of non-ortho nitro benzene ring substituents is 1. The number of esters is 1. The van der Waals surface area contributed by atoms with Crippen LogP contribution in [0.5, 0.6) is 0 Å². The molecule has 0 radical (unpaired) electrons. The number of anilines is 1. The molecular formula is C20H17ClN2O4. The highest BCUT2D eigenvalue weighted by molar-refractivity contribution is 6.33. The number of halogens is 1. The zero-order valence-corrected chi connectivity index (χ0v) is 15.3. The SMILES string of the molecule is COC(=O)c1ccc(Cl)c2c1[C@@H]1C=CC[C@H]1[C@H](c1ccc([N+](=O)[O-])cc1)N2. The van der Waals surface area contributed by atoms with E-state index in [1.54, 1.807) is 24.3 Å². The lowest BCUT2D eigenvalue weighted by atomic mass is 9.75. The summed E-state index contributed by atoms with van der Waals surface area (Å²) in [4.78, 5) is 22.8. The van der Waals surface area contributed by atoms with E-state index < -0.39 is 10.9 Å². The second-order valence-electron chi connectivity index (χ2n) is 6.70. The van der Waals surface area contributed by atoms with Gasteiger partial charge < -0.3 is 10.1 Å². The van der Waals surface area contributed by atoms with E-state index in [9.17, 15) is 14.9 Å². The molecule has 0 spiro atoms. The van der Waals surface area contributed by atoms with Gasteiger partial charge in [0.25, 0.3) is 5.69 Å². The van der Waals surface area contributed by atoms with Crippen molar-refractivity contribution < 1.29 is 14.5 Å². The summed E-state index contributed by atoms with van der Waals surface area (Å²) in [6.07, 6.45) is 5.05. The first kappa shape index (κ1) is 17.5. The molecule has 138 valence electrons. The van der Waals surface area contributed by atoms with Crippen molar-refractivity contribution in [1.82, 2.24) is 0 Å². The second kappa shape index (κ2) is 6.70. The average molecular weight is 385 g/mol. The molecule has 1 aliphatic heterocycles. The quantitative estimate of drug-likeness (QED) is 0.353. The smallest absolute Gasteiger partial charge is 0.338 e. The summed E-state index contributed by atoms with van der Waals surface area (Å²) in [6, 6.07) is 9.88. The lowest BCUT2D eigenvalue weighted by Gasteiger charge is -2.38. The molecule has 27 heavy (non-hydrogen) atoms. The Bertz CT molecular complexity index is 955. The molecule has 1 heterocycles. The van der Waals surface area contributed by atoms with Crippen molar-refractivity contribution in [2.75, 3.05) is 12.4 Å². The van der Waals surface area contributed by atoms with Crippen LogP contribution in [-0.4, -0.2) is 18.0 Å². The summed E-state index contributed by atoms with van der Waals surface area (Å²) in [5.41, 5.74) is 3.08. The van der Waals surface area contributed by atoms with Crippen molar-refractivity contribution in [2.45, 2.75) is 18.4 Å². The third kappa shape index (κ3) is 2.86. The third-order valence-electron chi connectivity index (χ3n) is 5.34. The van der Waals surface area contributed by atoms with Gasteiger partial charge in [-0.15, -0.1) is 0 Å². The molecule has 0 fully saturated rings. The van der Waals surface area contributed by atoms with Crippen LogP contribution in [0.1, 0.15) is 39.9 Å². The molecule has 0 saturated carbocycles. The Morgan fingerprint density at radius 1 is 1.26 bits per heavy atom. The van der Waals surface area contributed by atoms with Crippen LogP contribution in [0.25, 0.3) is 0 Å². The Hall–Kier alpha value is -2.86. The minimum absolute atomic E-state index is 0.0224. The van der Waals surface area contributed by atoms with Gasteiger partial charge in [0.05, 0.1) is 34.3 Å². The normalized spacial score (nSPS) is 22.5. The van der Waals surface area contributed by atoms with Gasteiger partial charge in [-0.2, -0.15) is 0 Å². The molecule has 6 nitrogen and oxygen atoms in total. The van der Waals surface area contributed by atoms with Crippen LogP contribution in [0.15, 0.2) is 48.6 Å². The first-order chi connectivity index (χ1) is 13.0. The molecular weight excluding hydrogens is 368 g/mol. The molecule has 3 atom stereocenters. The van der Waals surface area contributed by atoms with Crippen molar-refractivity contribution in [3.63, 3.8) is 0 Å². The van der Waals surface area contributed by atoms with Crippen molar-refractivity contribution in [2.24, 2.45) is 5.92 Å². The average Bonchev–Trinajstić information content (AvgIpc) is 3.17. The first-order valence-corrected chi connectivity index (χ1v) is 8.97. The van der Waals surface area contributed by atoms with Crippen molar-refractivity contribution in [3.05, 3.63) is 80.4 Å². The minimum Gasteiger partial charge on any atom is -0.465 e. The molecule has 2 aromatic carbocycles. The zero-order valence-electron chi connectivity index (χ0n) is 14.5. The molecule has 7 heteroatoms. The lowest BCUT2D eigenvalue weighted by molar-refractivity contribution is -0.384. The molecule has 2 aliphatic rings. The molecule has 1 N–H and O–H groups in total. The fourth-order valence-electron chi connectivity index (χ4n) is 4.10. The summed E-state index contributed by atoms with van der Waals surface area (Å²) in [5.74, 6) is -0.187. The highest BCUT2D eigenvalue weighted by Gasteiger charge is 2.41. The van der Waals surface area contributed by atoms with Crippen molar-refractivity contribution >= 4 is 28.9 Å². The van der Waals surface area contributed by atoms with E-state index in [-0.39, 0.29) is 23.6 Å². The van der Waals surface area contributed by atoms with E-state index in [1.165, 1.54) is 19.2 Å². The number of carbonyl (C=O) groups excluding carboxylic acids is 1. The number of nitro benzene ring substituents is 1. The van der Waals surface area contributed by atoms with Gasteiger partial charge in [0.15, 0.2) is 0 Å². The molecule has 0 amide bonds. The minimum atomic E-state index is -0.410. The van der Waals surface area contributed by atoms with Gasteiger partial charge in [-0.3, -0.25) is 10.1 Å². The van der Waals surface area contributed by atoms with E-state index in [1.807, 2.05) is 0 Å². The number of nitrogens with zero attached hydrogens (tertiary/aromatic N) is 1. The number of hydrogen-bond donors (Lipinski definition) is 1. The number of methoxy groups -OCH3 is 1. The number of fused-ring (bicyclic) bond motifs is 3. The Kier molecular flexibility index (Phi) is 4.36. The highest BCUT2D eigenvalue weighted by atomic mass is 35.5. The number of nitro groups is 1. The van der Waals surface area contributed by atoms with E-state index >= 15 is 0 Å². The number of allylic oxidation sites excluding steroid dienone is 2. The maximum atomic E-state index is 12.3. The molecule has 1 aliphatic carbocycles. The Balaban J connectivity index is 1.80. The summed E-state index contributed by atoms with van der Waals surface area (Å²) >= 11 is 6.44. The van der Waals surface area contributed by atoms with Gasteiger partial charge in [0, 0.05) is 18.1 Å². The van der Waals surface area contributed by atoms with Crippen LogP contribution in [0, 0.1) is 16.0 Å². The molecule has 0 unspecified atom stereocenters. The molecule has 4 rings (SSSR count). The van der Waals surface area contributed by atoms with Crippen molar-refractivity contribution in [1.29, 1.82) is 0 Å². The summed E-state index contributed by atoms with van der Waals surface area (Å²) in [5, 5.41) is 14.9. The summed E-state index contributed by atoms with van der Waals surface area (Å²) < 4.78 is 4.94. The maximum Gasteiger partial charge on any atom is 0.338 e. The van der Waals surface area contributed by atoms with Gasteiger partial charge in [-0.1, -0.05) is 35.9 Å².